The van der Waals surface area contributed by atoms with Crippen molar-refractivity contribution in [3.05, 3.63) is 59.7 Å². The van der Waals surface area contributed by atoms with Gasteiger partial charge in [-0.1, -0.05) is 62.4 Å². The molecule has 3 atom stereocenters. The lowest BCUT2D eigenvalue weighted by molar-refractivity contribution is -0.141. The van der Waals surface area contributed by atoms with Crippen molar-refractivity contribution in [2.75, 3.05) is 6.61 Å². The zero-order valence-electron chi connectivity index (χ0n) is 19.6. The fraction of sp³-hybridized carbons (Fsp3) is 0.444. The Morgan fingerprint density at radius 2 is 1.62 bits per heavy atom. The molecule has 0 unspecified atom stereocenters. The molecule has 0 aliphatic heterocycles. The van der Waals surface area contributed by atoms with Crippen molar-refractivity contribution in [2.45, 2.75) is 57.5 Å². The van der Waals surface area contributed by atoms with Crippen molar-refractivity contribution in [3.63, 3.8) is 0 Å². The lowest BCUT2D eigenvalue weighted by Gasteiger charge is -2.23. The van der Waals surface area contributed by atoms with E-state index >= 15 is 0 Å². The van der Waals surface area contributed by atoms with Gasteiger partial charge < -0.3 is 20.5 Å². The van der Waals surface area contributed by atoms with Crippen molar-refractivity contribution in [1.29, 1.82) is 0 Å². The van der Waals surface area contributed by atoms with Crippen molar-refractivity contribution in [1.82, 2.24) is 10.6 Å². The van der Waals surface area contributed by atoms with Crippen LogP contribution < -0.4 is 10.6 Å². The highest BCUT2D eigenvalue weighted by atomic mass is 16.5. The van der Waals surface area contributed by atoms with Gasteiger partial charge in [0.25, 0.3) is 0 Å². The number of amides is 2. The van der Waals surface area contributed by atoms with Crippen LogP contribution in [-0.2, 0) is 14.3 Å². The van der Waals surface area contributed by atoms with E-state index in [1.54, 1.807) is 0 Å². The number of fused-ring (bicyclic) bond motifs is 3. The molecular formula is C27H32N2O5. The van der Waals surface area contributed by atoms with Crippen LogP contribution in [0.15, 0.2) is 48.5 Å². The van der Waals surface area contributed by atoms with E-state index in [2.05, 4.69) is 34.9 Å². The lowest BCUT2D eigenvalue weighted by Crippen LogP contribution is -2.50. The second kappa shape index (κ2) is 10.3. The third-order valence-electron chi connectivity index (χ3n) is 6.79. The van der Waals surface area contributed by atoms with E-state index in [9.17, 15) is 19.5 Å². The molecule has 4 rings (SSSR count). The Morgan fingerprint density at radius 1 is 1.00 bits per heavy atom. The number of carbonyl (C=O) groups is 3. The van der Waals surface area contributed by atoms with E-state index in [-0.39, 0.29) is 30.4 Å². The van der Waals surface area contributed by atoms with Crippen LogP contribution in [0.25, 0.3) is 11.1 Å². The highest BCUT2D eigenvalue weighted by molar-refractivity contribution is 5.86. The number of aliphatic carboxylic acids is 1. The molecule has 0 bridgehead atoms. The van der Waals surface area contributed by atoms with Crippen LogP contribution in [0.4, 0.5) is 4.79 Å². The van der Waals surface area contributed by atoms with Crippen molar-refractivity contribution < 1.29 is 24.2 Å². The van der Waals surface area contributed by atoms with Crippen molar-refractivity contribution in [2.24, 2.45) is 11.8 Å². The van der Waals surface area contributed by atoms with E-state index in [1.807, 2.05) is 38.1 Å². The quantitative estimate of drug-likeness (QED) is 0.540. The lowest BCUT2D eigenvalue weighted by atomic mass is 9.98. The maximum Gasteiger partial charge on any atom is 0.407 e. The Labute approximate surface area is 199 Å². The van der Waals surface area contributed by atoms with Gasteiger partial charge in [-0.15, -0.1) is 0 Å². The van der Waals surface area contributed by atoms with E-state index in [0.29, 0.717) is 25.7 Å². The summed E-state index contributed by atoms with van der Waals surface area (Å²) in [6.45, 7) is 4.14. The van der Waals surface area contributed by atoms with Crippen LogP contribution in [0.1, 0.15) is 56.6 Å². The second-order valence-corrected chi connectivity index (χ2v) is 9.71. The number of nitrogens with one attached hydrogen (secondary N) is 2. The first-order valence-electron chi connectivity index (χ1n) is 12.0. The molecule has 1 saturated carbocycles. The van der Waals surface area contributed by atoms with Crippen molar-refractivity contribution >= 4 is 18.0 Å². The van der Waals surface area contributed by atoms with Crippen LogP contribution in [0.2, 0.25) is 0 Å². The number of hydrogen-bond acceptors (Lipinski definition) is 4. The summed E-state index contributed by atoms with van der Waals surface area (Å²) in [5, 5.41) is 14.9. The molecule has 2 aromatic carbocycles. The molecule has 1 fully saturated rings. The topological polar surface area (TPSA) is 105 Å². The van der Waals surface area contributed by atoms with Gasteiger partial charge in [-0.3, -0.25) is 9.59 Å². The van der Waals surface area contributed by atoms with Crippen molar-refractivity contribution in [3.8, 4) is 11.1 Å². The van der Waals surface area contributed by atoms with Gasteiger partial charge in [-0.2, -0.15) is 0 Å². The van der Waals surface area contributed by atoms with Gasteiger partial charge in [0.1, 0.15) is 12.6 Å². The third kappa shape index (κ3) is 5.24. The Kier molecular flexibility index (Phi) is 7.20. The summed E-state index contributed by atoms with van der Waals surface area (Å²) in [6.07, 6.45) is 1.43. The monoisotopic (exact) mass is 464 g/mol. The minimum Gasteiger partial charge on any atom is -0.481 e. The molecule has 34 heavy (non-hydrogen) atoms. The van der Waals surface area contributed by atoms with Gasteiger partial charge in [0, 0.05) is 12.0 Å². The van der Waals surface area contributed by atoms with Crippen LogP contribution >= 0.6 is 0 Å². The molecule has 7 nitrogen and oxygen atoms in total. The van der Waals surface area contributed by atoms with E-state index < -0.39 is 24.0 Å². The number of alkyl carbamates (subject to hydrolysis) is 1. The van der Waals surface area contributed by atoms with Gasteiger partial charge in [0.2, 0.25) is 5.91 Å². The molecule has 2 amide bonds. The van der Waals surface area contributed by atoms with E-state index in [1.165, 1.54) is 0 Å². The van der Waals surface area contributed by atoms with E-state index in [4.69, 9.17) is 4.74 Å². The largest absolute Gasteiger partial charge is 0.481 e. The number of rotatable bonds is 8. The Balaban J connectivity index is 1.37. The minimum atomic E-state index is -0.827. The predicted molar refractivity (Wildman–Crippen MR) is 128 cm³/mol. The molecular weight excluding hydrogens is 432 g/mol. The maximum absolute atomic E-state index is 12.9. The number of benzene rings is 2. The first-order chi connectivity index (χ1) is 16.3. The molecule has 0 saturated heterocycles. The number of carboxylic acid groups (broad SMARTS) is 1. The zero-order valence-corrected chi connectivity index (χ0v) is 19.6. The number of hydrogen-bond donors (Lipinski definition) is 3. The Bertz CT molecular complexity index is 1020. The van der Waals surface area contributed by atoms with Crippen LogP contribution in [0, 0.1) is 11.8 Å². The smallest absolute Gasteiger partial charge is 0.407 e. The summed E-state index contributed by atoms with van der Waals surface area (Å²) in [5.41, 5.74) is 4.56. The number of ether oxygens (including phenoxy) is 1. The van der Waals surface area contributed by atoms with Gasteiger partial charge >= 0.3 is 12.1 Å². The summed E-state index contributed by atoms with van der Waals surface area (Å²) in [4.78, 5) is 36.8. The first-order valence-corrected chi connectivity index (χ1v) is 12.0. The molecule has 2 aromatic rings. The van der Waals surface area contributed by atoms with Gasteiger partial charge in [0.05, 0.1) is 5.92 Å². The molecule has 180 valence electrons. The van der Waals surface area contributed by atoms with Crippen LogP contribution in [0.3, 0.4) is 0 Å². The molecule has 0 radical (unpaired) electrons. The van der Waals surface area contributed by atoms with Gasteiger partial charge in [-0.05, 0) is 53.9 Å². The number of carboxylic acids is 1. The molecule has 3 N–H and O–H groups in total. The average Bonchev–Trinajstić information content (AvgIpc) is 3.40. The fourth-order valence-corrected chi connectivity index (χ4v) is 5.12. The fourth-order valence-electron chi connectivity index (χ4n) is 5.12. The standard InChI is InChI=1S/C27H32N2O5/c1-16(2)13-24(25(30)28-18-12-11-17(14-18)26(31)32)29-27(33)34-15-23-21-9-5-3-7-19(21)20-8-4-6-10-22(20)23/h3-10,16-18,23-24H,11-15H2,1-2H3,(H,28,30)(H,29,33)(H,31,32)/t17-,18+,24+/m0/s1. The highest BCUT2D eigenvalue weighted by Crippen LogP contribution is 2.44. The SMILES string of the molecule is CC(C)C[C@@H](NC(=O)OCC1c2ccccc2-c2ccccc21)C(=O)N[C@@H]1CC[C@H](C(=O)O)C1. The predicted octanol–water partition coefficient (Wildman–Crippen LogP) is 4.31. The summed E-state index contributed by atoms with van der Waals surface area (Å²) < 4.78 is 5.61. The first kappa shape index (κ1) is 23.8. The molecule has 0 spiro atoms. The maximum atomic E-state index is 12.9. The summed E-state index contributed by atoms with van der Waals surface area (Å²) in [7, 11) is 0. The molecule has 7 heteroatoms. The zero-order chi connectivity index (χ0) is 24.2. The molecule has 0 aromatic heterocycles. The normalized spacial score (nSPS) is 19.9. The second-order valence-electron chi connectivity index (χ2n) is 9.71. The highest BCUT2D eigenvalue weighted by Gasteiger charge is 2.33. The number of carbonyl (C=O) groups excluding carboxylic acids is 2. The summed E-state index contributed by atoms with van der Waals surface area (Å²) >= 11 is 0. The Morgan fingerprint density at radius 3 is 2.18 bits per heavy atom. The minimum absolute atomic E-state index is 0.0537. The summed E-state index contributed by atoms with van der Waals surface area (Å²) in [5.74, 6) is -1.42. The van der Waals surface area contributed by atoms with Gasteiger partial charge in [0.15, 0.2) is 0 Å². The average molecular weight is 465 g/mol. The third-order valence-corrected chi connectivity index (χ3v) is 6.79. The molecule has 2 aliphatic carbocycles. The summed E-state index contributed by atoms with van der Waals surface area (Å²) in [6, 6.07) is 15.3. The van der Waals surface area contributed by atoms with Crippen LogP contribution in [-0.4, -0.2) is 41.8 Å². The van der Waals surface area contributed by atoms with Crippen LogP contribution in [0.5, 0.6) is 0 Å². The van der Waals surface area contributed by atoms with Gasteiger partial charge in [-0.25, -0.2) is 4.79 Å². The Hall–Kier alpha value is -3.35. The van der Waals surface area contributed by atoms with E-state index in [0.717, 1.165) is 22.3 Å². The molecule has 2 aliphatic rings. The molecule has 0 heterocycles.